The van der Waals surface area contributed by atoms with Crippen LogP contribution in [-0.4, -0.2) is 47.9 Å². The van der Waals surface area contributed by atoms with E-state index >= 15 is 0 Å². The molecule has 2 fully saturated rings. The smallest absolute Gasteiger partial charge is 0.254 e. The number of likely N-dealkylation sites (tertiary alicyclic amines) is 2. The third-order valence-electron chi connectivity index (χ3n) is 7.26. The van der Waals surface area contributed by atoms with Gasteiger partial charge in [0.15, 0.2) is 0 Å². The molecule has 2 aliphatic rings. The highest BCUT2D eigenvalue weighted by Crippen LogP contribution is 2.35. The van der Waals surface area contributed by atoms with Crippen LogP contribution in [0.2, 0.25) is 0 Å². The van der Waals surface area contributed by atoms with E-state index in [9.17, 15) is 9.59 Å². The fraction of sp³-hybridized carbons (Fsp3) is 0.379. The number of carbonyl (C=O) groups is 2. The molecule has 3 aromatic carbocycles. The largest absolute Gasteiger partial charge is 0.494 e. The highest BCUT2D eigenvalue weighted by Gasteiger charge is 2.36. The molecule has 0 spiro atoms. The van der Waals surface area contributed by atoms with Crippen molar-refractivity contribution < 1.29 is 14.3 Å². The molecule has 0 aromatic heterocycles. The number of ether oxygens (including phenoxy) is 1. The van der Waals surface area contributed by atoms with Gasteiger partial charge in [0.25, 0.3) is 5.91 Å². The summed E-state index contributed by atoms with van der Waals surface area (Å²) >= 11 is 0. The number of hydrogen-bond donors (Lipinski definition) is 0. The quantitative estimate of drug-likeness (QED) is 0.513. The molecule has 0 aliphatic carbocycles. The number of hydrogen-bond acceptors (Lipinski definition) is 3. The molecule has 0 radical (unpaired) electrons. The number of amides is 2. The van der Waals surface area contributed by atoms with Crippen LogP contribution < -0.4 is 4.74 Å². The van der Waals surface area contributed by atoms with Gasteiger partial charge in [-0.25, -0.2) is 0 Å². The lowest BCUT2D eigenvalue weighted by molar-refractivity contribution is -0.137. The van der Waals surface area contributed by atoms with Gasteiger partial charge in [-0.1, -0.05) is 48.5 Å². The molecule has 176 valence electrons. The molecule has 1 unspecified atom stereocenters. The zero-order valence-corrected chi connectivity index (χ0v) is 19.8. The van der Waals surface area contributed by atoms with E-state index in [2.05, 4.69) is 17.0 Å². The van der Waals surface area contributed by atoms with Crippen LogP contribution in [0.15, 0.2) is 66.7 Å². The summed E-state index contributed by atoms with van der Waals surface area (Å²) in [5.41, 5.74) is 1.93. The van der Waals surface area contributed by atoms with Gasteiger partial charge in [-0.3, -0.25) is 9.59 Å². The van der Waals surface area contributed by atoms with Crippen LogP contribution in [0.5, 0.6) is 5.75 Å². The van der Waals surface area contributed by atoms with Crippen LogP contribution >= 0.6 is 0 Å². The van der Waals surface area contributed by atoms with Crippen LogP contribution in [0.1, 0.15) is 54.6 Å². The summed E-state index contributed by atoms with van der Waals surface area (Å²) < 4.78 is 5.57. The van der Waals surface area contributed by atoms with Crippen LogP contribution in [0.3, 0.4) is 0 Å². The maximum absolute atomic E-state index is 13.5. The molecule has 2 saturated heterocycles. The van der Waals surface area contributed by atoms with Crippen LogP contribution in [0.25, 0.3) is 10.8 Å². The zero-order valence-electron chi connectivity index (χ0n) is 19.8. The second-order valence-electron chi connectivity index (χ2n) is 9.28. The van der Waals surface area contributed by atoms with Crippen LogP contribution in [0.4, 0.5) is 0 Å². The first-order valence-corrected chi connectivity index (χ1v) is 12.5. The minimum atomic E-state index is -0.0140. The number of nitrogens with zero attached hydrogens (tertiary/aromatic N) is 2. The van der Waals surface area contributed by atoms with Crippen molar-refractivity contribution >= 4 is 22.6 Å². The molecule has 1 atom stereocenters. The van der Waals surface area contributed by atoms with Gasteiger partial charge in [-0.2, -0.15) is 0 Å². The molecule has 0 saturated carbocycles. The summed E-state index contributed by atoms with van der Waals surface area (Å²) in [6.45, 7) is 4.69. The molecule has 2 heterocycles. The second kappa shape index (κ2) is 9.88. The van der Waals surface area contributed by atoms with Crippen molar-refractivity contribution in [2.45, 2.75) is 38.6 Å². The van der Waals surface area contributed by atoms with Crippen molar-refractivity contribution in [3.63, 3.8) is 0 Å². The van der Waals surface area contributed by atoms with Crippen molar-refractivity contribution in [1.29, 1.82) is 0 Å². The fourth-order valence-corrected chi connectivity index (χ4v) is 5.48. The van der Waals surface area contributed by atoms with Crippen LogP contribution in [-0.2, 0) is 4.79 Å². The van der Waals surface area contributed by atoms with E-state index in [1.165, 1.54) is 5.56 Å². The fourth-order valence-electron chi connectivity index (χ4n) is 5.48. The summed E-state index contributed by atoms with van der Waals surface area (Å²) in [5.74, 6) is 1.16. The van der Waals surface area contributed by atoms with Crippen molar-refractivity contribution in [3.8, 4) is 5.75 Å². The molecule has 3 aromatic rings. The Balaban J connectivity index is 1.23. The summed E-state index contributed by atoms with van der Waals surface area (Å²) in [6.07, 6.45) is 3.48. The average Bonchev–Trinajstić information content (AvgIpc) is 3.38. The Morgan fingerprint density at radius 1 is 0.882 bits per heavy atom. The lowest BCUT2D eigenvalue weighted by Crippen LogP contribution is -2.44. The van der Waals surface area contributed by atoms with Gasteiger partial charge in [0.2, 0.25) is 5.91 Å². The third-order valence-corrected chi connectivity index (χ3v) is 7.26. The van der Waals surface area contributed by atoms with Crippen molar-refractivity contribution in [2.24, 2.45) is 5.92 Å². The molecule has 34 heavy (non-hydrogen) atoms. The molecule has 5 heteroatoms. The first kappa shape index (κ1) is 22.5. The molecule has 0 bridgehead atoms. The van der Waals surface area contributed by atoms with E-state index < -0.39 is 0 Å². The summed E-state index contributed by atoms with van der Waals surface area (Å²) in [4.78, 5) is 30.7. The zero-order chi connectivity index (χ0) is 23.5. The van der Waals surface area contributed by atoms with E-state index in [4.69, 9.17) is 4.74 Å². The topological polar surface area (TPSA) is 49.9 Å². The number of benzene rings is 3. The monoisotopic (exact) mass is 456 g/mol. The van der Waals surface area contributed by atoms with E-state index in [0.29, 0.717) is 19.7 Å². The predicted octanol–water partition coefficient (Wildman–Crippen LogP) is 5.45. The maximum Gasteiger partial charge on any atom is 0.254 e. The highest BCUT2D eigenvalue weighted by atomic mass is 16.5. The van der Waals surface area contributed by atoms with Gasteiger partial charge < -0.3 is 14.5 Å². The Labute approximate surface area is 201 Å². The third kappa shape index (κ3) is 4.39. The summed E-state index contributed by atoms with van der Waals surface area (Å²) in [6, 6.07) is 22.2. The van der Waals surface area contributed by atoms with Gasteiger partial charge in [0.1, 0.15) is 5.75 Å². The molecule has 2 aliphatic heterocycles. The Morgan fingerprint density at radius 3 is 2.38 bits per heavy atom. The van der Waals surface area contributed by atoms with E-state index in [0.717, 1.165) is 54.3 Å². The normalized spacial score (nSPS) is 18.9. The lowest BCUT2D eigenvalue weighted by Gasteiger charge is -2.35. The Kier molecular flexibility index (Phi) is 6.52. The first-order chi connectivity index (χ1) is 16.7. The summed E-state index contributed by atoms with van der Waals surface area (Å²) in [5, 5.41) is 2.07. The van der Waals surface area contributed by atoms with E-state index in [-0.39, 0.29) is 23.8 Å². The van der Waals surface area contributed by atoms with Gasteiger partial charge in [-0.15, -0.1) is 0 Å². The minimum absolute atomic E-state index is 0.0140. The lowest BCUT2D eigenvalue weighted by atomic mass is 9.93. The van der Waals surface area contributed by atoms with E-state index in [1.54, 1.807) is 0 Å². The molecular formula is C29H32N2O3. The number of carbonyl (C=O) groups excluding carboxylic acids is 2. The van der Waals surface area contributed by atoms with Crippen molar-refractivity contribution in [1.82, 2.24) is 9.80 Å². The number of fused-ring (bicyclic) bond motifs is 1. The molecule has 5 nitrogen and oxygen atoms in total. The van der Waals surface area contributed by atoms with Gasteiger partial charge in [0, 0.05) is 31.1 Å². The Morgan fingerprint density at radius 2 is 1.62 bits per heavy atom. The van der Waals surface area contributed by atoms with Gasteiger partial charge in [-0.05, 0) is 67.1 Å². The second-order valence-corrected chi connectivity index (χ2v) is 9.28. The number of rotatable bonds is 5. The first-order valence-electron chi connectivity index (χ1n) is 12.5. The van der Waals surface area contributed by atoms with Gasteiger partial charge >= 0.3 is 0 Å². The summed E-state index contributed by atoms with van der Waals surface area (Å²) in [7, 11) is 0. The Bertz CT molecular complexity index is 1160. The van der Waals surface area contributed by atoms with Crippen LogP contribution in [0, 0.1) is 5.92 Å². The van der Waals surface area contributed by atoms with E-state index in [1.807, 2.05) is 66.4 Å². The Hall–Kier alpha value is -3.34. The standard InChI is InChI=1S/C29H32N2O3/c1-2-34-24-14-12-22(13-15-24)27-11-6-18-31(27)28(32)23-16-19-30(20-17-23)29(33)26-10-5-8-21-7-3-4-9-25(21)26/h3-5,7-10,12-15,23,27H,2,6,11,16-20H2,1H3. The molecule has 5 rings (SSSR count). The van der Waals surface area contributed by atoms with Crippen molar-refractivity contribution in [2.75, 3.05) is 26.2 Å². The predicted molar refractivity (Wildman–Crippen MR) is 134 cm³/mol. The SMILES string of the molecule is CCOc1ccc(C2CCCN2C(=O)C2CCN(C(=O)c3cccc4ccccc34)CC2)cc1. The molecule has 2 amide bonds. The number of piperidine rings is 1. The minimum Gasteiger partial charge on any atom is -0.494 e. The van der Waals surface area contributed by atoms with Crippen molar-refractivity contribution in [3.05, 3.63) is 77.9 Å². The average molecular weight is 457 g/mol. The molecule has 0 N–H and O–H groups in total. The highest BCUT2D eigenvalue weighted by molar-refractivity contribution is 6.07. The molecular weight excluding hydrogens is 424 g/mol. The van der Waals surface area contributed by atoms with Gasteiger partial charge in [0.05, 0.1) is 12.6 Å². The maximum atomic E-state index is 13.5.